The van der Waals surface area contributed by atoms with Crippen LogP contribution in [-0.4, -0.2) is 31.2 Å². The minimum Gasteiger partial charge on any atom is -0.748 e. The summed E-state index contributed by atoms with van der Waals surface area (Å²) in [4.78, 5) is 13.0. The zero-order chi connectivity index (χ0) is 23.0. The van der Waals surface area contributed by atoms with Gasteiger partial charge in [0.2, 0.25) is 11.5 Å². The Morgan fingerprint density at radius 2 is 1.85 bits per heavy atom. The second-order valence-electron chi connectivity index (χ2n) is 6.97. The molecular formula is C20H15Cl2N2NaO7S. The molecule has 0 atom stereocenters. The SMILES string of the molecule is O=C([O-])C[n+]1c(C=C2Oc3ccc(Cl)cc3N2CCCS(=O)(=O)[O-])oc2ccc(Cl)cc21.[Na+]. The van der Waals surface area contributed by atoms with E-state index in [1.807, 2.05) is 0 Å². The van der Waals surface area contributed by atoms with Crippen molar-refractivity contribution in [3.63, 3.8) is 0 Å². The van der Waals surface area contributed by atoms with Gasteiger partial charge in [-0.05, 0) is 36.8 Å². The van der Waals surface area contributed by atoms with Crippen molar-refractivity contribution in [1.82, 2.24) is 0 Å². The molecule has 3 aromatic rings. The van der Waals surface area contributed by atoms with Crippen LogP contribution >= 0.6 is 23.2 Å². The number of carbonyl (C=O) groups is 1. The zero-order valence-corrected chi connectivity index (χ0v) is 21.6. The van der Waals surface area contributed by atoms with Gasteiger partial charge in [-0.25, -0.2) is 8.42 Å². The number of halogens is 2. The van der Waals surface area contributed by atoms with Crippen molar-refractivity contribution in [2.75, 3.05) is 17.2 Å². The molecule has 0 N–H and O–H groups in total. The smallest absolute Gasteiger partial charge is 0.748 e. The third-order valence-corrected chi connectivity index (χ3v) is 5.95. The fourth-order valence-electron chi connectivity index (χ4n) is 3.39. The average molecular weight is 521 g/mol. The fourth-order valence-corrected chi connectivity index (χ4v) is 4.21. The minimum absolute atomic E-state index is 0. The molecule has 9 nitrogen and oxygen atoms in total. The second-order valence-corrected chi connectivity index (χ2v) is 9.37. The molecule has 1 aromatic heterocycles. The number of benzene rings is 2. The van der Waals surface area contributed by atoms with Gasteiger partial charge in [-0.15, -0.1) is 0 Å². The zero-order valence-electron chi connectivity index (χ0n) is 17.3. The van der Waals surface area contributed by atoms with Crippen LogP contribution in [0.2, 0.25) is 10.0 Å². The summed E-state index contributed by atoms with van der Waals surface area (Å²) in [5, 5.41) is 12.2. The third-order valence-electron chi connectivity index (χ3n) is 4.69. The van der Waals surface area contributed by atoms with Crippen molar-refractivity contribution in [2.45, 2.75) is 13.0 Å². The Labute approximate surface area is 221 Å². The van der Waals surface area contributed by atoms with Gasteiger partial charge in [-0.1, -0.05) is 23.2 Å². The first-order chi connectivity index (χ1) is 15.1. The number of oxazole rings is 1. The number of fused-ring (bicyclic) bond motifs is 2. The average Bonchev–Trinajstić information content (AvgIpc) is 3.19. The maximum atomic E-state index is 11.3. The quantitative estimate of drug-likeness (QED) is 0.218. The van der Waals surface area contributed by atoms with Gasteiger partial charge in [0.05, 0.1) is 15.8 Å². The monoisotopic (exact) mass is 520 g/mol. The molecule has 0 fully saturated rings. The van der Waals surface area contributed by atoms with Crippen LogP contribution in [0.5, 0.6) is 5.75 Å². The number of nitrogens with zero attached hydrogens (tertiary/aromatic N) is 2. The predicted octanol–water partition coefficient (Wildman–Crippen LogP) is -1.09. The van der Waals surface area contributed by atoms with E-state index in [4.69, 9.17) is 32.4 Å². The number of carboxylic acids is 1. The molecule has 0 spiro atoms. The van der Waals surface area contributed by atoms with Crippen LogP contribution in [0.1, 0.15) is 12.3 Å². The summed E-state index contributed by atoms with van der Waals surface area (Å²) in [6.45, 7) is -0.368. The van der Waals surface area contributed by atoms with E-state index < -0.39 is 28.4 Å². The van der Waals surface area contributed by atoms with Gasteiger partial charge in [-0.3, -0.25) is 0 Å². The van der Waals surface area contributed by atoms with Crippen LogP contribution in [0, 0.1) is 0 Å². The Bertz CT molecular complexity index is 1360. The Balaban J connectivity index is 0.00000306. The molecule has 4 rings (SSSR count). The van der Waals surface area contributed by atoms with Gasteiger partial charge in [0.15, 0.2) is 12.3 Å². The summed E-state index contributed by atoms with van der Waals surface area (Å²) < 4.78 is 46.1. The second kappa shape index (κ2) is 10.2. The van der Waals surface area contributed by atoms with Crippen LogP contribution < -0.4 is 48.9 Å². The van der Waals surface area contributed by atoms with Crippen LogP contribution in [-0.2, 0) is 21.5 Å². The predicted molar refractivity (Wildman–Crippen MR) is 113 cm³/mol. The van der Waals surface area contributed by atoms with E-state index in [2.05, 4.69) is 0 Å². The number of hydrogen-bond donors (Lipinski definition) is 0. The largest absolute Gasteiger partial charge is 1.00 e. The molecule has 0 unspecified atom stereocenters. The molecule has 2 heterocycles. The number of rotatable bonds is 7. The van der Waals surface area contributed by atoms with Crippen LogP contribution in [0.3, 0.4) is 0 Å². The summed E-state index contributed by atoms with van der Waals surface area (Å²) in [7, 11) is -4.39. The molecule has 0 saturated heterocycles. The molecular weight excluding hydrogens is 506 g/mol. The van der Waals surface area contributed by atoms with E-state index in [0.29, 0.717) is 32.6 Å². The van der Waals surface area contributed by atoms with E-state index in [1.54, 1.807) is 41.3 Å². The van der Waals surface area contributed by atoms with Crippen molar-refractivity contribution in [1.29, 1.82) is 0 Å². The maximum Gasteiger partial charge on any atom is 1.00 e. The Morgan fingerprint density at radius 3 is 2.55 bits per heavy atom. The molecule has 0 saturated carbocycles. The first-order valence-corrected chi connectivity index (χ1v) is 11.7. The van der Waals surface area contributed by atoms with Gasteiger partial charge >= 0.3 is 35.4 Å². The van der Waals surface area contributed by atoms with Gasteiger partial charge in [0.25, 0.3) is 5.52 Å². The summed E-state index contributed by atoms with van der Waals surface area (Å²) in [5.41, 5.74) is 1.40. The van der Waals surface area contributed by atoms with Crippen molar-refractivity contribution in [3.8, 4) is 5.75 Å². The van der Waals surface area contributed by atoms with E-state index in [-0.39, 0.29) is 54.3 Å². The normalized spacial score (nSPS) is 14.3. The number of aliphatic carboxylic acids is 1. The number of hydrogen-bond acceptors (Lipinski definition) is 8. The van der Waals surface area contributed by atoms with Crippen molar-refractivity contribution >= 4 is 62.2 Å². The number of anilines is 1. The summed E-state index contributed by atoms with van der Waals surface area (Å²) in [6, 6.07) is 9.68. The molecule has 33 heavy (non-hydrogen) atoms. The third kappa shape index (κ3) is 6.02. The number of aromatic nitrogens is 1. The molecule has 0 amide bonds. The van der Waals surface area contributed by atoms with E-state index in [0.717, 1.165) is 0 Å². The molecule has 2 aromatic carbocycles. The van der Waals surface area contributed by atoms with E-state index >= 15 is 0 Å². The van der Waals surface area contributed by atoms with Crippen LogP contribution in [0.25, 0.3) is 17.2 Å². The number of ether oxygens (including phenoxy) is 1. The molecule has 0 aliphatic carbocycles. The Kier molecular flexibility index (Phi) is 8.00. The molecule has 13 heteroatoms. The Hall–Kier alpha value is -1.79. The van der Waals surface area contributed by atoms with E-state index in [9.17, 15) is 22.9 Å². The molecule has 0 bridgehead atoms. The van der Waals surface area contributed by atoms with Gasteiger partial charge in [-0.2, -0.15) is 4.57 Å². The van der Waals surface area contributed by atoms with Crippen molar-refractivity contribution < 1.29 is 66.2 Å². The molecule has 1 aliphatic heterocycles. The van der Waals surface area contributed by atoms with E-state index in [1.165, 1.54) is 10.6 Å². The minimum atomic E-state index is -4.39. The van der Waals surface area contributed by atoms with Crippen molar-refractivity contribution in [3.05, 3.63) is 58.2 Å². The van der Waals surface area contributed by atoms with Crippen LogP contribution in [0.15, 0.2) is 46.7 Å². The summed E-state index contributed by atoms with van der Waals surface area (Å²) >= 11 is 12.1. The topological polar surface area (TPSA) is 127 Å². The molecule has 168 valence electrons. The summed E-state index contributed by atoms with van der Waals surface area (Å²) in [6.07, 6.45) is 1.50. The number of carboxylic acid groups (broad SMARTS) is 1. The fraction of sp³-hybridized carbons (Fsp3) is 0.200. The maximum absolute atomic E-state index is 11.3. The van der Waals surface area contributed by atoms with Gasteiger partial charge in [0, 0.05) is 28.4 Å². The first-order valence-electron chi connectivity index (χ1n) is 9.33. The van der Waals surface area contributed by atoms with Crippen molar-refractivity contribution in [2.24, 2.45) is 0 Å². The van der Waals surface area contributed by atoms with Gasteiger partial charge in [0.1, 0.15) is 12.0 Å². The number of carbonyl (C=O) groups excluding carboxylic acids is 1. The molecule has 1 aliphatic rings. The van der Waals surface area contributed by atoms with Crippen LogP contribution in [0.4, 0.5) is 5.69 Å². The first kappa shape index (κ1) is 25.8. The Morgan fingerprint density at radius 1 is 1.15 bits per heavy atom. The summed E-state index contributed by atoms with van der Waals surface area (Å²) in [5.74, 6) is -1.06. The molecule has 0 radical (unpaired) electrons. The van der Waals surface area contributed by atoms with Gasteiger partial charge < -0.3 is 28.5 Å². The standard InChI is InChI=1S/C20H16Cl2N2O7S.Na/c21-12-2-4-16-14(8-12)23(6-1-7-32(27,28)29)18(30-16)10-19-24(11-20(25)26)15-9-13(22)3-5-17(15)31-19;/h2-5,8-10H,1,6-7,11H2,(H-,25,26,27,28,29);/q;+1/p-1.